The largest absolute Gasteiger partial charge is 0.486 e. The SMILES string of the molecule is Cn1c(=O)c2c(nc(SCC(=O)Nc3ccc4c(c3)OCCO4)n2Cc2ccc(Cl)cc2)n(C)c1=O. The second-order valence-electron chi connectivity index (χ2n) is 8.18. The van der Waals surface area contributed by atoms with Crippen LogP contribution in [0.5, 0.6) is 11.5 Å². The second-order valence-corrected chi connectivity index (χ2v) is 9.56. The number of carbonyl (C=O) groups is 1. The lowest BCUT2D eigenvalue weighted by molar-refractivity contribution is -0.113. The highest BCUT2D eigenvalue weighted by Gasteiger charge is 2.21. The quantitative estimate of drug-likeness (QED) is 0.384. The van der Waals surface area contributed by atoms with Gasteiger partial charge in [0.15, 0.2) is 27.8 Å². The zero-order chi connectivity index (χ0) is 25.4. The minimum Gasteiger partial charge on any atom is -0.486 e. The van der Waals surface area contributed by atoms with Crippen LogP contribution in [0.4, 0.5) is 5.69 Å². The van der Waals surface area contributed by atoms with Gasteiger partial charge in [-0.15, -0.1) is 0 Å². The minimum atomic E-state index is -0.475. The molecular weight excluding hydrogens is 506 g/mol. The van der Waals surface area contributed by atoms with Gasteiger partial charge in [0.1, 0.15) is 13.2 Å². The fourth-order valence-electron chi connectivity index (χ4n) is 3.90. The van der Waals surface area contributed by atoms with Crippen LogP contribution in [-0.2, 0) is 25.4 Å². The number of aromatic nitrogens is 4. The van der Waals surface area contributed by atoms with Crippen LogP contribution in [0.25, 0.3) is 11.2 Å². The number of hydrogen-bond acceptors (Lipinski definition) is 7. The summed E-state index contributed by atoms with van der Waals surface area (Å²) in [4.78, 5) is 42.8. The number of anilines is 1. The lowest BCUT2D eigenvalue weighted by Crippen LogP contribution is -2.37. The predicted octanol–water partition coefficient (Wildman–Crippen LogP) is 2.64. The van der Waals surface area contributed by atoms with Gasteiger partial charge in [0.05, 0.1) is 12.3 Å². The van der Waals surface area contributed by atoms with Gasteiger partial charge in [-0.3, -0.25) is 18.7 Å². The molecule has 1 amide bonds. The van der Waals surface area contributed by atoms with Gasteiger partial charge in [0.25, 0.3) is 5.56 Å². The molecule has 10 nitrogen and oxygen atoms in total. The van der Waals surface area contributed by atoms with Gasteiger partial charge in [-0.25, -0.2) is 9.78 Å². The molecule has 1 N–H and O–H groups in total. The van der Waals surface area contributed by atoms with Gasteiger partial charge in [-0.2, -0.15) is 0 Å². The van der Waals surface area contributed by atoms with Crippen molar-refractivity contribution in [1.29, 1.82) is 0 Å². The summed E-state index contributed by atoms with van der Waals surface area (Å²) in [5.74, 6) is 0.987. The molecule has 0 radical (unpaired) electrons. The number of nitrogens with zero attached hydrogens (tertiary/aromatic N) is 4. The van der Waals surface area contributed by atoms with E-state index in [9.17, 15) is 14.4 Å². The maximum atomic E-state index is 13.0. The van der Waals surface area contributed by atoms with Crippen LogP contribution in [0.2, 0.25) is 5.02 Å². The van der Waals surface area contributed by atoms with Crippen molar-refractivity contribution in [3.63, 3.8) is 0 Å². The summed E-state index contributed by atoms with van der Waals surface area (Å²) in [6, 6.07) is 12.4. The van der Waals surface area contributed by atoms with E-state index in [0.717, 1.165) is 10.1 Å². The van der Waals surface area contributed by atoms with Crippen molar-refractivity contribution in [2.45, 2.75) is 11.7 Å². The predicted molar refractivity (Wildman–Crippen MR) is 138 cm³/mol. The number of carbonyl (C=O) groups excluding carboxylic acids is 1. The summed E-state index contributed by atoms with van der Waals surface area (Å²) in [6.07, 6.45) is 0. The molecule has 5 rings (SSSR count). The molecule has 12 heteroatoms. The molecule has 186 valence electrons. The summed E-state index contributed by atoms with van der Waals surface area (Å²) >= 11 is 7.20. The Morgan fingerprint density at radius 1 is 1.06 bits per heavy atom. The van der Waals surface area contributed by atoms with Gasteiger partial charge in [-0.1, -0.05) is 35.5 Å². The number of hydrogen-bond donors (Lipinski definition) is 1. The van der Waals surface area contributed by atoms with Crippen molar-refractivity contribution in [2.75, 3.05) is 24.3 Å². The molecular formula is C24H22ClN5O5S. The van der Waals surface area contributed by atoms with Crippen LogP contribution < -0.4 is 26.0 Å². The highest BCUT2D eigenvalue weighted by Crippen LogP contribution is 2.32. The van der Waals surface area contributed by atoms with E-state index >= 15 is 0 Å². The first-order valence-electron chi connectivity index (χ1n) is 11.0. The fraction of sp³-hybridized carbons (Fsp3) is 0.250. The molecule has 0 saturated heterocycles. The smallest absolute Gasteiger partial charge is 0.332 e. The Balaban J connectivity index is 1.43. The Bertz CT molecular complexity index is 1590. The summed E-state index contributed by atoms with van der Waals surface area (Å²) in [5, 5.41) is 3.88. The third-order valence-electron chi connectivity index (χ3n) is 5.73. The average molecular weight is 528 g/mol. The van der Waals surface area contributed by atoms with Crippen LogP contribution >= 0.6 is 23.4 Å². The van der Waals surface area contributed by atoms with Crippen LogP contribution in [0, 0.1) is 0 Å². The molecule has 1 aliphatic rings. The van der Waals surface area contributed by atoms with Crippen molar-refractivity contribution >= 4 is 46.1 Å². The molecule has 3 heterocycles. The van der Waals surface area contributed by atoms with Gasteiger partial charge in [-0.05, 0) is 29.8 Å². The topological polar surface area (TPSA) is 109 Å². The van der Waals surface area contributed by atoms with E-state index in [4.69, 9.17) is 21.1 Å². The number of halogens is 1. The van der Waals surface area contributed by atoms with E-state index in [1.165, 1.54) is 23.4 Å². The van der Waals surface area contributed by atoms with Crippen LogP contribution in [0.1, 0.15) is 5.56 Å². The molecule has 0 unspecified atom stereocenters. The van der Waals surface area contributed by atoms with Gasteiger partial charge in [0.2, 0.25) is 5.91 Å². The van der Waals surface area contributed by atoms with E-state index in [0.29, 0.717) is 47.1 Å². The third-order valence-corrected chi connectivity index (χ3v) is 6.95. The normalized spacial score (nSPS) is 12.6. The number of nitrogens with one attached hydrogen (secondary N) is 1. The first-order valence-corrected chi connectivity index (χ1v) is 12.4. The van der Waals surface area contributed by atoms with Crippen molar-refractivity contribution in [3.8, 4) is 11.5 Å². The van der Waals surface area contributed by atoms with Gasteiger partial charge < -0.3 is 19.4 Å². The number of ether oxygens (including phenoxy) is 2. The maximum absolute atomic E-state index is 13.0. The average Bonchev–Trinajstić information content (AvgIpc) is 3.24. The second kappa shape index (κ2) is 9.75. The van der Waals surface area contributed by atoms with Gasteiger partial charge in [0, 0.05) is 30.9 Å². The molecule has 1 aliphatic heterocycles. The van der Waals surface area contributed by atoms with Crippen molar-refractivity contribution in [2.24, 2.45) is 14.1 Å². The molecule has 0 atom stereocenters. The zero-order valence-electron chi connectivity index (χ0n) is 19.5. The van der Waals surface area contributed by atoms with Crippen LogP contribution in [0.3, 0.4) is 0 Å². The van der Waals surface area contributed by atoms with Crippen molar-refractivity contribution < 1.29 is 14.3 Å². The molecule has 0 bridgehead atoms. The van der Waals surface area contributed by atoms with E-state index in [1.807, 2.05) is 12.1 Å². The Kier molecular flexibility index (Phi) is 6.50. The number of fused-ring (bicyclic) bond motifs is 2. The first kappa shape index (κ1) is 24.0. The number of amides is 1. The third kappa shape index (κ3) is 4.59. The molecule has 36 heavy (non-hydrogen) atoms. The van der Waals surface area contributed by atoms with E-state index < -0.39 is 11.2 Å². The van der Waals surface area contributed by atoms with Gasteiger partial charge >= 0.3 is 5.69 Å². The summed E-state index contributed by atoms with van der Waals surface area (Å²) in [5.41, 5.74) is 1.07. The van der Waals surface area contributed by atoms with E-state index in [1.54, 1.807) is 41.9 Å². The van der Waals surface area contributed by atoms with Crippen molar-refractivity contribution in [1.82, 2.24) is 18.7 Å². The maximum Gasteiger partial charge on any atom is 0.332 e. The highest BCUT2D eigenvalue weighted by molar-refractivity contribution is 7.99. The Morgan fingerprint density at radius 3 is 2.53 bits per heavy atom. The molecule has 0 spiro atoms. The molecule has 2 aromatic carbocycles. The zero-order valence-corrected chi connectivity index (χ0v) is 21.1. The molecule has 2 aromatic heterocycles. The van der Waals surface area contributed by atoms with Crippen molar-refractivity contribution in [3.05, 3.63) is 73.9 Å². The highest BCUT2D eigenvalue weighted by atomic mass is 35.5. The lowest BCUT2D eigenvalue weighted by atomic mass is 10.2. The Labute approximate surface area is 214 Å². The monoisotopic (exact) mass is 527 g/mol. The molecule has 0 saturated carbocycles. The number of aryl methyl sites for hydroxylation is 1. The van der Waals surface area contributed by atoms with Crippen LogP contribution in [-0.4, -0.2) is 43.6 Å². The number of imidazole rings is 1. The lowest BCUT2D eigenvalue weighted by Gasteiger charge is -2.19. The molecule has 0 fully saturated rings. The molecule has 4 aromatic rings. The fourth-order valence-corrected chi connectivity index (χ4v) is 4.83. The number of rotatable bonds is 6. The van der Waals surface area contributed by atoms with Crippen LogP contribution in [0.15, 0.2) is 57.2 Å². The minimum absolute atomic E-state index is 0.0344. The summed E-state index contributed by atoms with van der Waals surface area (Å²) in [7, 11) is 2.99. The Hall–Kier alpha value is -3.70. The Morgan fingerprint density at radius 2 is 1.78 bits per heavy atom. The summed E-state index contributed by atoms with van der Waals surface area (Å²) in [6.45, 7) is 1.25. The van der Waals surface area contributed by atoms with E-state index in [-0.39, 0.29) is 22.8 Å². The first-order chi connectivity index (χ1) is 17.3. The standard InChI is InChI=1S/C24H22ClN5O5S/c1-28-21-20(22(32)29(2)24(28)33)30(12-14-3-5-15(25)6-4-14)23(27-21)36-13-19(31)26-16-7-8-17-18(11-16)35-10-9-34-17/h3-8,11H,9-10,12-13H2,1-2H3,(H,26,31). The van der Waals surface area contributed by atoms with E-state index in [2.05, 4.69) is 10.3 Å². The summed E-state index contributed by atoms with van der Waals surface area (Å²) < 4.78 is 15.2. The number of benzene rings is 2. The molecule has 0 aliphatic carbocycles. The number of thioether (sulfide) groups is 1.